The Morgan fingerprint density at radius 1 is 1.25 bits per heavy atom. The van der Waals surface area contributed by atoms with Gasteiger partial charge < -0.3 is 15.4 Å². The predicted octanol–water partition coefficient (Wildman–Crippen LogP) is 1.37. The van der Waals surface area contributed by atoms with E-state index in [-0.39, 0.29) is 17.8 Å². The van der Waals surface area contributed by atoms with Crippen LogP contribution in [-0.2, 0) is 14.3 Å². The highest BCUT2D eigenvalue weighted by molar-refractivity contribution is 5.89. The molecule has 2 rings (SSSR count). The van der Waals surface area contributed by atoms with Crippen LogP contribution in [0, 0.1) is 5.92 Å². The summed E-state index contributed by atoms with van der Waals surface area (Å²) in [7, 11) is 1.40. The van der Waals surface area contributed by atoms with E-state index in [0.29, 0.717) is 18.9 Å². The number of methoxy groups -OCH3 is 1. The van der Waals surface area contributed by atoms with Crippen molar-refractivity contribution in [3.05, 3.63) is 0 Å². The van der Waals surface area contributed by atoms with E-state index in [1.54, 1.807) is 0 Å². The minimum absolute atomic E-state index is 0.00899. The van der Waals surface area contributed by atoms with Gasteiger partial charge in [-0.3, -0.25) is 4.79 Å². The molecule has 5 nitrogen and oxygen atoms in total. The standard InChI is InChI=1S/C15H26N2O3/c1-11-10-12(6-9-16-11)13(18)17-15(14(19)20-2)7-4-3-5-8-15/h11-12,16H,3-10H2,1-2H3,(H,17,18)/t11-,12-/m0/s1. The smallest absolute Gasteiger partial charge is 0.331 e. The first-order valence-electron chi connectivity index (χ1n) is 7.71. The molecule has 114 valence electrons. The first kappa shape index (κ1) is 15.3. The fourth-order valence-corrected chi connectivity index (χ4v) is 3.44. The minimum atomic E-state index is -0.780. The fraction of sp³-hybridized carbons (Fsp3) is 0.867. The molecular weight excluding hydrogens is 256 g/mol. The van der Waals surface area contributed by atoms with Gasteiger partial charge in [-0.05, 0) is 39.2 Å². The molecule has 0 aromatic heterocycles. The van der Waals surface area contributed by atoms with Gasteiger partial charge in [0.15, 0.2) is 0 Å². The third-order valence-corrected chi connectivity index (χ3v) is 4.64. The maximum atomic E-state index is 12.5. The Bertz CT molecular complexity index is 364. The SMILES string of the molecule is COC(=O)C1(NC(=O)[C@H]2CCN[C@@H](C)C2)CCCCC1. The van der Waals surface area contributed by atoms with Crippen LogP contribution in [0.15, 0.2) is 0 Å². The van der Waals surface area contributed by atoms with Crippen molar-refractivity contribution >= 4 is 11.9 Å². The molecule has 0 aromatic carbocycles. The van der Waals surface area contributed by atoms with Crippen molar-refractivity contribution in [1.82, 2.24) is 10.6 Å². The number of esters is 1. The normalized spacial score (nSPS) is 29.5. The van der Waals surface area contributed by atoms with E-state index >= 15 is 0 Å². The molecule has 0 bridgehead atoms. The second kappa shape index (κ2) is 6.57. The number of ether oxygens (including phenoxy) is 1. The molecule has 20 heavy (non-hydrogen) atoms. The van der Waals surface area contributed by atoms with Gasteiger partial charge in [-0.2, -0.15) is 0 Å². The van der Waals surface area contributed by atoms with Crippen LogP contribution >= 0.6 is 0 Å². The Labute approximate surface area is 120 Å². The number of carbonyl (C=O) groups excluding carboxylic acids is 2. The molecule has 1 amide bonds. The zero-order valence-corrected chi connectivity index (χ0v) is 12.5. The van der Waals surface area contributed by atoms with Crippen molar-refractivity contribution in [3.63, 3.8) is 0 Å². The van der Waals surface area contributed by atoms with Gasteiger partial charge in [0.25, 0.3) is 0 Å². The van der Waals surface area contributed by atoms with E-state index < -0.39 is 5.54 Å². The van der Waals surface area contributed by atoms with Crippen LogP contribution in [0.25, 0.3) is 0 Å². The predicted molar refractivity (Wildman–Crippen MR) is 76.2 cm³/mol. The molecule has 1 saturated heterocycles. The Morgan fingerprint density at radius 2 is 1.95 bits per heavy atom. The van der Waals surface area contributed by atoms with Gasteiger partial charge in [0.2, 0.25) is 5.91 Å². The number of nitrogens with one attached hydrogen (secondary N) is 2. The monoisotopic (exact) mass is 282 g/mol. The quantitative estimate of drug-likeness (QED) is 0.767. The molecule has 1 aliphatic carbocycles. The van der Waals surface area contributed by atoms with Crippen molar-refractivity contribution < 1.29 is 14.3 Å². The van der Waals surface area contributed by atoms with Crippen LogP contribution in [0.1, 0.15) is 51.9 Å². The highest BCUT2D eigenvalue weighted by Crippen LogP contribution is 2.30. The molecule has 1 aliphatic heterocycles. The summed E-state index contributed by atoms with van der Waals surface area (Å²) in [6.07, 6.45) is 6.14. The highest BCUT2D eigenvalue weighted by Gasteiger charge is 2.43. The summed E-state index contributed by atoms with van der Waals surface area (Å²) < 4.78 is 4.94. The van der Waals surface area contributed by atoms with Gasteiger partial charge in [-0.1, -0.05) is 19.3 Å². The van der Waals surface area contributed by atoms with Gasteiger partial charge in [0.05, 0.1) is 7.11 Å². The summed E-state index contributed by atoms with van der Waals surface area (Å²) in [5, 5.41) is 6.37. The summed E-state index contributed by atoms with van der Waals surface area (Å²) in [6, 6.07) is 0.361. The highest BCUT2D eigenvalue weighted by atomic mass is 16.5. The second-order valence-corrected chi connectivity index (χ2v) is 6.20. The zero-order valence-electron chi connectivity index (χ0n) is 12.5. The Hall–Kier alpha value is -1.10. The number of rotatable bonds is 3. The lowest BCUT2D eigenvalue weighted by molar-refractivity contribution is -0.153. The molecule has 5 heteroatoms. The topological polar surface area (TPSA) is 67.4 Å². The lowest BCUT2D eigenvalue weighted by atomic mass is 9.80. The summed E-state index contributed by atoms with van der Waals surface area (Å²) in [6.45, 7) is 2.96. The summed E-state index contributed by atoms with van der Waals surface area (Å²) >= 11 is 0. The average molecular weight is 282 g/mol. The number of carbonyl (C=O) groups is 2. The van der Waals surface area contributed by atoms with E-state index in [9.17, 15) is 9.59 Å². The Balaban J connectivity index is 2.03. The van der Waals surface area contributed by atoms with Crippen LogP contribution in [0.3, 0.4) is 0 Å². The largest absolute Gasteiger partial charge is 0.467 e. The first-order valence-corrected chi connectivity index (χ1v) is 7.71. The first-order chi connectivity index (χ1) is 9.57. The van der Waals surface area contributed by atoms with Gasteiger partial charge in [-0.15, -0.1) is 0 Å². The molecule has 0 aromatic rings. The van der Waals surface area contributed by atoms with Crippen LogP contribution in [0.5, 0.6) is 0 Å². The molecule has 0 spiro atoms. The second-order valence-electron chi connectivity index (χ2n) is 6.20. The molecule has 1 heterocycles. The van der Waals surface area contributed by atoms with Gasteiger partial charge >= 0.3 is 5.97 Å². The lowest BCUT2D eigenvalue weighted by Crippen LogP contribution is -2.58. The minimum Gasteiger partial charge on any atom is -0.467 e. The van der Waals surface area contributed by atoms with Crippen molar-refractivity contribution in [1.29, 1.82) is 0 Å². The fourth-order valence-electron chi connectivity index (χ4n) is 3.44. The lowest BCUT2D eigenvalue weighted by Gasteiger charge is -2.37. The summed E-state index contributed by atoms with van der Waals surface area (Å²) in [5.74, 6) is -0.257. The molecule has 1 saturated carbocycles. The zero-order chi connectivity index (χ0) is 14.6. The van der Waals surface area contributed by atoms with Crippen LogP contribution < -0.4 is 10.6 Å². The van der Waals surface area contributed by atoms with Crippen molar-refractivity contribution in [2.24, 2.45) is 5.92 Å². The summed E-state index contributed by atoms with van der Waals surface area (Å²) in [4.78, 5) is 24.6. The third-order valence-electron chi connectivity index (χ3n) is 4.64. The van der Waals surface area contributed by atoms with Crippen LogP contribution in [0.4, 0.5) is 0 Å². The van der Waals surface area contributed by atoms with Crippen molar-refractivity contribution in [2.45, 2.75) is 63.5 Å². The van der Waals surface area contributed by atoms with E-state index in [0.717, 1.165) is 38.6 Å². The van der Waals surface area contributed by atoms with Crippen molar-refractivity contribution in [3.8, 4) is 0 Å². The molecule has 2 aliphatic rings. The third kappa shape index (κ3) is 3.32. The number of hydrogen-bond acceptors (Lipinski definition) is 4. The van der Waals surface area contributed by atoms with Gasteiger partial charge in [0, 0.05) is 12.0 Å². The number of piperidine rings is 1. The van der Waals surface area contributed by atoms with E-state index in [1.165, 1.54) is 7.11 Å². The molecule has 0 unspecified atom stereocenters. The van der Waals surface area contributed by atoms with Crippen LogP contribution in [0.2, 0.25) is 0 Å². The Kier molecular flexibility index (Phi) is 5.02. The van der Waals surface area contributed by atoms with Crippen LogP contribution in [-0.4, -0.2) is 37.1 Å². The average Bonchev–Trinajstić information content (AvgIpc) is 2.47. The summed E-state index contributed by atoms with van der Waals surface area (Å²) in [5.41, 5.74) is -0.780. The number of amides is 1. The maximum absolute atomic E-state index is 12.5. The maximum Gasteiger partial charge on any atom is 0.331 e. The molecule has 0 radical (unpaired) electrons. The van der Waals surface area contributed by atoms with E-state index in [2.05, 4.69) is 17.6 Å². The van der Waals surface area contributed by atoms with Crippen molar-refractivity contribution in [2.75, 3.05) is 13.7 Å². The Morgan fingerprint density at radius 3 is 2.55 bits per heavy atom. The molecule has 2 N–H and O–H groups in total. The number of hydrogen-bond donors (Lipinski definition) is 2. The van der Waals surface area contributed by atoms with E-state index in [4.69, 9.17) is 4.74 Å². The van der Waals surface area contributed by atoms with Gasteiger partial charge in [-0.25, -0.2) is 4.79 Å². The molecule has 2 atom stereocenters. The molecular formula is C15H26N2O3. The molecule has 2 fully saturated rings. The van der Waals surface area contributed by atoms with E-state index in [1.807, 2.05) is 0 Å². The van der Waals surface area contributed by atoms with Gasteiger partial charge in [0.1, 0.15) is 5.54 Å².